The molecule has 3 nitrogen and oxygen atoms in total. The Morgan fingerprint density at radius 2 is 2.24 bits per heavy atom. The molecule has 0 saturated heterocycles. The van der Waals surface area contributed by atoms with Gasteiger partial charge in [0, 0.05) is 13.6 Å². The first-order chi connectivity index (χ1) is 8.06. The van der Waals surface area contributed by atoms with Crippen molar-refractivity contribution in [1.82, 2.24) is 0 Å². The number of allylic oxidation sites excluding steroid dienone is 1. The minimum atomic E-state index is -0.876. The SMILES string of the molecule is C=CCCCN(C)c1ccc(C)cc1C(=O)O. The molecule has 0 aliphatic rings. The smallest absolute Gasteiger partial charge is 0.337 e. The van der Waals surface area contributed by atoms with E-state index in [2.05, 4.69) is 6.58 Å². The Bertz CT molecular complexity index is 413. The number of anilines is 1. The number of hydrogen-bond donors (Lipinski definition) is 1. The highest BCUT2D eigenvalue weighted by Gasteiger charge is 2.13. The van der Waals surface area contributed by atoms with Gasteiger partial charge in [-0.05, 0) is 31.9 Å². The average Bonchev–Trinajstić information content (AvgIpc) is 2.29. The van der Waals surface area contributed by atoms with Gasteiger partial charge >= 0.3 is 5.97 Å². The van der Waals surface area contributed by atoms with Crippen LogP contribution in [0.15, 0.2) is 30.9 Å². The average molecular weight is 233 g/mol. The Kier molecular flexibility index (Phi) is 4.76. The van der Waals surface area contributed by atoms with Crippen molar-refractivity contribution in [2.75, 3.05) is 18.5 Å². The van der Waals surface area contributed by atoms with E-state index in [0.29, 0.717) is 5.56 Å². The third kappa shape index (κ3) is 3.63. The molecule has 0 unspecified atom stereocenters. The fraction of sp³-hybridized carbons (Fsp3) is 0.357. The number of carboxylic acids is 1. The number of aromatic carboxylic acids is 1. The maximum Gasteiger partial charge on any atom is 0.337 e. The molecule has 1 aromatic rings. The highest BCUT2D eigenvalue weighted by Crippen LogP contribution is 2.21. The third-order valence-electron chi connectivity index (χ3n) is 2.70. The Balaban J connectivity index is 2.88. The number of rotatable bonds is 6. The van der Waals surface area contributed by atoms with Crippen molar-refractivity contribution in [3.63, 3.8) is 0 Å². The zero-order valence-electron chi connectivity index (χ0n) is 10.4. The summed E-state index contributed by atoms with van der Waals surface area (Å²) in [5, 5.41) is 9.17. The Morgan fingerprint density at radius 1 is 1.53 bits per heavy atom. The van der Waals surface area contributed by atoms with Gasteiger partial charge in [0.25, 0.3) is 0 Å². The fourth-order valence-corrected chi connectivity index (χ4v) is 1.75. The van der Waals surface area contributed by atoms with Crippen LogP contribution in [0.5, 0.6) is 0 Å². The molecule has 0 amide bonds. The number of hydrogen-bond acceptors (Lipinski definition) is 2. The summed E-state index contributed by atoms with van der Waals surface area (Å²) >= 11 is 0. The molecule has 1 N–H and O–H groups in total. The predicted octanol–water partition coefficient (Wildman–Crippen LogP) is 3.10. The number of carboxylic acid groups (broad SMARTS) is 1. The van der Waals surface area contributed by atoms with Gasteiger partial charge in [-0.2, -0.15) is 0 Å². The molecular formula is C14H19NO2. The summed E-state index contributed by atoms with van der Waals surface area (Å²) in [7, 11) is 1.92. The topological polar surface area (TPSA) is 40.5 Å². The first kappa shape index (κ1) is 13.3. The van der Waals surface area contributed by atoms with E-state index in [1.54, 1.807) is 6.07 Å². The highest BCUT2D eigenvalue weighted by molar-refractivity contribution is 5.94. The predicted molar refractivity (Wildman–Crippen MR) is 70.8 cm³/mol. The quantitative estimate of drug-likeness (QED) is 0.606. The molecule has 0 radical (unpaired) electrons. The van der Waals surface area contributed by atoms with Crippen LogP contribution >= 0.6 is 0 Å². The number of nitrogens with zero attached hydrogens (tertiary/aromatic N) is 1. The Morgan fingerprint density at radius 3 is 2.82 bits per heavy atom. The lowest BCUT2D eigenvalue weighted by molar-refractivity contribution is 0.0697. The second kappa shape index (κ2) is 6.09. The lowest BCUT2D eigenvalue weighted by Gasteiger charge is -2.21. The van der Waals surface area contributed by atoms with Crippen LogP contribution in [-0.4, -0.2) is 24.7 Å². The van der Waals surface area contributed by atoms with E-state index >= 15 is 0 Å². The van der Waals surface area contributed by atoms with Crippen LogP contribution in [0.4, 0.5) is 5.69 Å². The van der Waals surface area contributed by atoms with Gasteiger partial charge in [0.05, 0.1) is 11.3 Å². The monoisotopic (exact) mass is 233 g/mol. The van der Waals surface area contributed by atoms with E-state index < -0.39 is 5.97 Å². The third-order valence-corrected chi connectivity index (χ3v) is 2.70. The maximum atomic E-state index is 11.2. The van der Waals surface area contributed by atoms with Gasteiger partial charge in [-0.25, -0.2) is 4.79 Å². The van der Waals surface area contributed by atoms with Crippen molar-refractivity contribution in [3.05, 3.63) is 42.0 Å². The van der Waals surface area contributed by atoms with Crippen LogP contribution < -0.4 is 4.90 Å². The zero-order chi connectivity index (χ0) is 12.8. The maximum absolute atomic E-state index is 11.2. The molecule has 92 valence electrons. The number of carbonyl (C=O) groups is 1. The zero-order valence-corrected chi connectivity index (χ0v) is 10.4. The van der Waals surface area contributed by atoms with Crippen LogP contribution in [0.1, 0.15) is 28.8 Å². The van der Waals surface area contributed by atoms with Gasteiger partial charge < -0.3 is 10.0 Å². The summed E-state index contributed by atoms with van der Waals surface area (Å²) in [6.45, 7) is 6.40. The molecule has 1 rings (SSSR count). The first-order valence-electron chi connectivity index (χ1n) is 5.72. The van der Waals surface area contributed by atoms with Crippen LogP contribution in [0, 0.1) is 6.92 Å². The lowest BCUT2D eigenvalue weighted by atomic mass is 10.1. The molecule has 0 spiro atoms. The van der Waals surface area contributed by atoms with E-state index in [4.69, 9.17) is 5.11 Å². The molecule has 0 heterocycles. The van der Waals surface area contributed by atoms with E-state index in [0.717, 1.165) is 30.6 Å². The van der Waals surface area contributed by atoms with Crippen molar-refractivity contribution in [2.24, 2.45) is 0 Å². The molecular weight excluding hydrogens is 214 g/mol. The van der Waals surface area contributed by atoms with E-state index in [-0.39, 0.29) is 0 Å². The van der Waals surface area contributed by atoms with Crippen molar-refractivity contribution in [2.45, 2.75) is 19.8 Å². The van der Waals surface area contributed by atoms with E-state index in [1.807, 2.05) is 37.1 Å². The molecule has 3 heteroatoms. The number of benzene rings is 1. The van der Waals surface area contributed by atoms with Crippen LogP contribution in [-0.2, 0) is 0 Å². The first-order valence-corrected chi connectivity index (χ1v) is 5.72. The second-order valence-electron chi connectivity index (χ2n) is 4.18. The standard InChI is InChI=1S/C14H19NO2/c1-4-5-6-9-15(3)13-8-7-11(2)10-12(13)14(16)17/h4,7-8,10H,1,5-6,9H2,2-3H3,(H,16,17). The van der Waals surface area contributed by atoms with Crippen molar-refractivity contribution in [1.29, 1.82) is 0 Å². The molecule has 1 aromatic carbocycles. The fourth-order valence-electron chi connectivity index (χ4n) is 1.75. The molecule has 0 bridgehead atoms. The normalized spacial score (nSPS) is 10.0. The molecule has 0 aliphatic carbocycles. The summed E-state index contributed by atoms with van der Waals surface area (Å²) in [5.74, 6) is -0.876. The molecule has 0 saturated carbocycles. The van der Waals surface area contributed by atoms with Crippen LogP contribution in [0.2, 0.25) is 0 Å². The summed E-state index contributed by atoms with van der Waals surface area (Å²) < 4.78 is 0. The lowest BCUT2D eigenvalue weighted by Crippen LogP contribution is -2.21. The van der Waals surface area contributed by atoms with Crippen molar-refractivity contribution < 1.29 is 9.90 Å². The van der Waals surface area contributed by atoms with E-state index in [1.165, 1.54) is 0 Å². The molecule has 17 heavy (non-hydrogen) atoms. The van der Waals surface area contributed by atoms with Gasteiger partial charge in [-0.1, -0.05) is 17.7 Å². The minimum Gasteiger partial charge on any atom is -0.478 e. The number of unbranched alkanes of at least 4 members (excludes halogenated alkanes) is 1. The highest BCUT2D eigenvalue weighted by atomic mass is 16.4. The second-order valence-corrected chi connectivity index (χ2v) is 4.18. The van der Waals surface area contributed by atoms with E-state index in [9.17, 15) is 4.79 Å². The number of aryl methyl sites for hydroxylation is 1. The van der Waals surface area contributed by atoms with Gasteiger partial charge in [0.2, 0.25) is 0 Å². The van der Waals surface area contributed by atoms with Crippen LogP contribution in [0.25, 0.3) is 0 Å². The minimum absolute atomic E-state index is 0.367. The summed E-state index contributed by atoms with van der Waals surface area (Å²) in [6, 6.07) is 5.51. The van der Waals surface area contributed by atoms with Gasteiger partial charge in [0.1, 0.15) is 0 Å². The largest absolute Gasteiger partial charge is 0.478 e. The Hall–Kier alpha value is -1.77. The summed E-state index contributed by atoms with van der Waals surface area (Å²) in [4.78, 5) is 13.1. The van der Waals surface area contributed by atoms with Gasteiger partial charge in [-0.15, -0.1) is 6.58 Å². The molecule has 0 aliphatic heterocycles. The van der Waals surface area contributed by atoms with Gasteiger partial charge in [-0.3, -0.25) is 0 Å². The summed E-state index contributed by atoms with van der Waals surface area (Å²) in [6.07, 6.45) is 3.80. The van der Waals surface area contributed by atoms with Crippen molar-refractivity contribution >= 4 is 11.7 Å². The van der Waals surface area contributed by atoms with Gasteiger partial charge in [0.15, 0.2) is 0 Å². The molecule has 0 atom stereocenters. The molecule has 0 fully saturated rings. The van der Waals surface area contributed by atoms with Crippen molar-refractivity contribution in [3.8, 4) is 0 Å². The Labute approximate surface area is 102 Å². The van der Waals surface area contributed by atoms with Crippen LogP contribution in [0.3, 0.4) is 0 Å². The summed E-state index contributed by atoms with van der Waals surface area (Å²) in [5.41, 5.74) is 2.10. The molecule has 0 aromatic heterocycles.